The number of hydrogen-bond acceptors (Lipinski definition) is 10. The highest BCUT2D eigenvalue weighted by atomic mass is 16.7. The molecule has 1 aliphatic rings. The van der Waals surface area contributed by atoms with Gasteiger partial charge in [0.15, 0.2) is 5.75 Å². The third-order valence-electron chi connectivity index (χ3n) is 3.99. The van der Waals surface area contributed by atoms with Gasteiger partial charge in [0.05, 0.1) is 24.7 Å². The molecule has 142 valence electrons. The Morgan fingerprint density at radius 1 is 1.21 bits per heavy atom. The zero-order valence-corrected chi connectivity index (χ0v) is 15.0. The summed E-state index contributed by atoms with van der Waals surface area (Å²) in [6, 6.07) is 7.43. The van der Waals surface area contributed by atoms with Crippen molar-refractivity contribution in [2.45, 2.75) is 5.79 Å². The number of hydrogen-bond donors (Lipinski definition) is 1. The van der Waals surface area contributed by atoms with Gasteiger partial charge in [-0.05, 0) is 6.07 Å². The molecule has 11 heteroatoms. The van der Waals surface area contributed by atoms with Crippen molar-refractivity contribution >= 4 is 5.69 Å². The van der Waals surface area contributed by atoms with Gasteiger partial charge in [0.1, 0.15) is 29.4 Å². The van der Waals surface area contributed by atoms with Crippen LogP contribution in [-0.2, 0) is 15.3 Å². The lowest BCUT2D eigenvalue weighted by Crippen LogP contribution is -2.32. The maximum absolute atomic E-state index is 11.5. The minimum absolute atomic E-state index is 0.0365. The van der Waals surface area contributed by atoms with Crippen molar-refractivity contribution in [2.75, 3.05) is 21.3 Å². The van der Waals surface area contributed by atoms with Crippen molar-refractivity contribution in [3.8, 4) is 29.7 Å². The van der Waals surface area contributed by atoms with Gasteiger partial charge >= 0.3 is 5.69 Å². The Morgan fingerprint density at radius 2 is 1.86 bits per heavy atom. The highest BCUT2D eigenvalue weighted by Gasteiger charge is 2.51. The Balaban J connectivity index is 2.96. The molecule has 2 N–H and O–H groups in total. The number of benzene rings is 1. The van der Waals surface area contributed by atoms with Gasteiger partial charge in [0, 0.05) is 18.7 Å². The fourth-order valence-electron chi connectivity index (χ4n) is 2.82. The summed E-state index contributed by atoms with van der Waals surface area (Å²) in [4.78, 5) is 10.8. The first-order chi connectivity index (χ1) is 13.3. The first-order valence-electron chi connectivity index (χ1n) is 7.45. The summed E-state index contributed by atoms with van der Waals surface area (Å²) in [5.74, 6) is -2.65. The molecule has 0 aromatic heterocycles. The molecule has 0 fully saturated rings. The van der Waals surface area contributed by atoms with E-state index < -0.39 is 27.9 Å². The molecule has 0 saturated carbocycles. The second kappa shape index (κ2) is 7.54. The zero-order valence-electron chi connectivity index (χ0n) is 15.0. The molecule has 11 nitrogen and oxygen atoms in total. The van der Waals surface area contributed by atoms with Gasteiger partial charge in [0.25, 0.3) is 5.79 Å². The lowest BCUT2D eigenvalue weighted by Gasteiger charge is -2.29. The van der Waals surface area contributed by atoms with Crippen LogP contribution in [0.1, 0.15) is 5.56 Å². The summed E-state index contributed by atoms with van der Waals surface area (Å²) in [6.07, 6.45) is 0. The number of ether oxygens (including phenoxy) is 4. The topological polar surface area (TPSA) is 177 Å². The summed E-state index contributed by atoms with van der Waals surface area (Å²) < 4.78 is 21.1. The van der Waals surface area contributed by atoms with Crippen LogP contribution in [0.5, 0.6) is 11.5 Å². The predicted octanol–water partition coefficient (Wildman–Crippen LogP) is 1.48. The SMILES string of the molecule is COc1cc([C@]2(OC)OC(N)=C(C#N)C2=C(C#N)C#N)cc([N+](=O)[O-])c1OC. The van der Waals surface area contributed by atoms with Gasteiger partial charge < -0.3 is 24.7 Å². The summed E-state index contributed by atoms with van der Waals surface area (Å²) in [5, 5.41) is 39.6. The summed E-state index contributed by atoms with van der Waals surface area (Å²) in [6.45, 7) is 0. The Bertz CT molecular complexity index is 1020. The number of nitrogens with zero attached hydrogens (tertiary/aromatic N) is 4. The van der Waals surface area contributed by atoms with Gasteiger partial charge in [-0.25, -0.2) is 0 Å². The highest BCUT2D eigenvalue weighted by Crippen LogP contribution is 2.50. The highest BCUT2D eigenvalue weighted by molar-refractivity contribution is 5.65. The molecule has 1 aromatic rings. The van der Waals surface area contributed by atoms with Crippen molar-refractivity contribution in [3.63, 3.8) is 0 Å². The van der Waals surface area contributed by atoms with E-state index in [4.69, 9.17) is 24.7 Å². The van der Waals surface area contributed by atoms with E-state index in [1.54, 1.807) is 18.2 Å². The van der Waals surface area contributed by atoms with Gasteiger partial charge in [0.2, 0.25) is 11.6 Å². The quantitative estimate of drug-likeness (QED) is 0.444. The second-order valence-corrected chi connectivity index (χ2v) is 5.24. The molecule has 0 aliphatic carbocycles. The number of nitrogens with two attached hydrogens (primary N) is 1. The van der Waals surface area contributed by atoms with Crippen LogP contribution < -0.4 is 15.2 Å². The molecule has 1 aromatic carbocycles. The Morgan fingerprint density at radius 3 is 2.29 bits per heavy atom. The molecule has 0 saturated heterocycles. The van der Waals surface area contributed by atoms with Crippen LogP contribution in [0.4, 0.5) is 5.69 Å². The van der Waals surface area contributed by atoms with Crippen molar-refractivity contribution in [2.24, 2.45) is 5.73 Å². The molecular formula is C17H13N5O6. The first kappa shape index (κ1) is 20.0. The number of allylic oxidation sites excluding steroid dienone is 1. The Kier molecular flexibility index (Phi) is 5.40. The number of nitriles is 3. The van der Waals surface area contributed by atoms with Crippen LogP contribution in [0, 0.1) is 44.1 Å². The third kappa shape index (κ3) is 2.80. The average Bonchev–Trinajstić information content (AvgIpc) is 3.00. The molecule has 1 heterocycles. The Labute approximate surface area is 159 Å². The van der Waals surface area contributed by atoms with Crippen LogP contribution in [0.2, 0.25) is 0 Å². The van der Waals surface area contributed by atoms with E-state index in [0.29, 0.717) is 0 Å². The van der Waals surface area contributed by atoms with Gasteiger partial charge in [-0.1, -0.05) is 0 Å². The van der Waals surface area contributed by atoms with Crippen molar-refractivity contribution in [3.05, 3.63) is 50.4 Å². The van der Waals surface area contributed by atoms with E-state index in [1.807, 2.05) is 0 Å². The molecule has 2 rings (SSSR count). The van der Waals surface area contributed by atoms with Gasteiger partial charge in [-0.15, -0.1) is 0 Å². The van der Waals surface area contributed by atoms with E-state index >= 15 is 0 Å². The molecular weight excluding hydrogens is 370 g/mol. The zero-order chi connectivity index (χ0) is 21.1. The fourth-order valence-corrected chi connectivity index (χ4v) is 2.82. The standard InChI is InChI=1S/C17H13N5O6/c1-25-13-5-10(4-12(22(23)24)15(13)26-2)17(27-3)14(9(6-18)7-19)11(8-20)16(21)28-17/h4-5H,21H2,1-3H3/t17-/m0/s1. The van der Waals surface area contributed by atoms with Crippen LogP contribution in [-0.4, -0.2) is 26.3 Å². The second-order valence-electron chi connectivity index (χ2n) is 5.24. The lowest BCUT2D eigenvalue weighted by atomic mass is 9.89. The van der Waals surface area contributed by atoms with Crippen molar-refractivity contribution in [1.82, 2.24) is 0 Å². The molecule has 1 aliphatic heterocycles. The molecule has 1 atom stereocenters. The van der Waals surface area contributed by atoms with E-state index in [0.717, 1.165) is 6.07 Å². The van der Waals surface area contributed by atoms with Crippen LogP contribution in [0.25, 0.3) is 0 Å². The van der Waals surface area contributed by atoms with Crippen LogP contribution >= 0.6 is 0 Å². The lowest BCUT2D eigenvalue weighted by molar-refractivity contribution is -0.386. The first-order valence-corrected chi connectivity index (χ1v) is 7.45. The van der Waals surface area contributed by atoms with Crippen LogP contribution in [0.3, 0.4) is 0 Å². The van der Waals surface area contributed by atoms with E-state index in [1.165, 1.54) is 27.4 Å². The van der Waals surface area contributed by atoms with Gasteiger partial charge in [-0.2, -0.15) is 15.8 Å². The summed E-state index contributed by atoms with van der Waals surface area (Å²) in [5.41, 5.74) is 4.17. The molecule has 0 spiro atoms. The number of nitro groups is 1. The third-order valence-corrected chi connectivity index (χ3v) is 3.99. The summed E-state index contributed by atoms with van der Waals surface area (Å²) in [7, 11) is 3.66. The smallest absolute Gasteiger partial charge is 0.315 e. The molecule has 0 bridgehead atoms. The van der Waals surface area contributed by atoms with Crippen LogP contribution in [0.15, 0.2) is 34.7 Å². The largest absolute Gasteiger partial charge is 0.493 e. The van der Waals surface area contributed by atoms with E-state index in [9.17, 15) is 25.9 Å². The minimum Gasteiger partial charge on any atom is -0.493 e. The summed E-state index contributed by atoms with van der Waals surface area (Å²) >= 11 is 0. The Hall–Kier alpha value is -4.27. The number of methoxy groups -OCH3 is 3. The fraction of sp³-hybridized carbons (Fsp3) is 0.235. The molecule has 0 amide bonds. The maximum atomic E-state index is 11.5. The van der Waals surface area contributed by atoms with E-state index in [2.05, 4.69) is 0 Å². The average molecular weight is 383 g/mol. The molecule has 28 heavy (non-hydrogen) atoms. The van der Waals surface area contributed by atoms with Gasteiger partial charge in [-0.3, -0.25) is 10.1 Å². The maximum Gasteiger partial charge on any atom is 0.315 e. The number of nitro benzene ring substituents is 1. The molecule has 0 unspecified atom stereocenters. The molecule has 0 radical (unpaired) electrons. The predicted molar refractivity (Wildman–Crippen MR) is 91.1 cm³/mol. The monoisotopic (exact) mass is 383 g/mol. The van der Waals surface area contributed by atoms with Crippen molar-refractivity contribution in [1.29, 1.82) is 15.8 Å². The van der Waals surface area contributed by atoms with E-state index in [-0.39, 0.29) is 28.2 Å². The number of rotatable bonds is 5. The minimum atomic E-state index is -2.06. The van der Waals surface area contributed by atoms with Crippen molar-refractivity contribution < 1.29 is 23.9 Å². The normalized spacial score (nSPS) is 17.8.